The second-order valence-corrected chi connectivity index (χ2v) is 5.35. The van der Waals surface area contributed by atoms with Crippen LogP contribution in [0.1, 0.15) is 18.4 Å². The summed E-state index contributed by atoms with van der Waals surface area (Å²) in [7, 11) is 0. The average molecular weight is 289 g/mol. The molecule has 0 radical (unpaired) electrons. The van der Waals surface area contributed by atoms with Crippen LogP contribution in [0.2, 0.25) is 0 Å². The van der Waals surface area contributed by atoms with E-state index in [4.69, 9.17) is 10.00 Å². The van der Waals surface area contributed by atoms with Crippen LogP contribution in [0.15, 0.2) is 24.3 Å². The third-order valence-corrected chi connectivity index (χ3v) is 3.61. The number of likely N-dealkylation sites (tertiary alicyclic amines) is 1. The van der Waals surface area contributed by atoms with E-state index in [1.807, 2.05) is 0 Å². The number of benzene rings is 1. The van der Waals surface area contributed by atoms with E-state index >= 15 is 0 Å². The van der Waals surface area contributed by atoms with Gasteiger partial charge >= 0.3 is 0 Å². The molecule has 1 unspecified atom stereocenters. The predicted octanol–water partition coefficient (Wildman–Crippen LogP) is 0.983. The summed E-state index contributed by atoms with van der Waals surface area (Å²) in [4.78, 5) is 2.44. The topological polar surface area (TPSA) is 68.5 Å². The monoisotopic (exact) mass is 289 g/mol. The third kappa shape index (κ3) is 5.72. The Kier molecular flexibility index (Phi) is 6.48. The first kappa shape index (κ1) is 15.8. The van der Waals surface area contributed by atoms with Crippen molar-refractivity contribution in [3.05, 3.63) is 29.8 Å². The maximum absolute atomic E-state index is 9.85. The van der Waals surface area contributed by atoms with Crippen molar-refractivity contribution in [2.45, 2.75) is 18.9 Å². The molecule has 0 saturated carbocycles. The highest BCUT2D eigenvalue weighted by Gasteiger charge is 2.11. The molecule has 1 aliphatic rings. The number of ether oxygens (including phenoxy) is 1. The van der Waals surface area contributed by atoms with Gasteiger partial charge < -0.3 is 20.1 Å². The standard InChI is InChI=1S/C16H23N3O2/c17-11-14-3-5-16(6-4-14)21-13-15(20)12-18-7-10-19-8-1-2-9-19/h3-6,15,18,20H,1-2,7-10,12-13H2. The molecular formula is C16H23N3O2. The average Bonchev–Trinajstić information content (AvgIpc) is 3.03. The minimum Gasteiger partial charge on any atom is -0.491 e. The second-order valence-electron chi connectivity index (χ2n) is 5.35. The zero-order valence-corrected chi connectivity index (χ0v) is 12.3. The van der Waals surface area contributed by atoms with E-state index in [1.54, 1.807) is 24.3 Å². The van der Waals surface area contributed by atoms with Gasteiger partial charge in [-0.2, -0.15) is 5.26 Å². The maximum atomic E-state index is 9.85. The molecular weight excluding hydrogens is 266 g/mol. The van der Waals surface area contributed by atoms with E-state index in [-0.39, 0.29) is 6.61 Å². The van der Waals surface area contributed by atoms with Gasteiger partial charge in [-0.15, -0.1) is 0 Å². The van der Waals surface area contributed by atoms with Gasteiger partial charge in [-0.1, -0.05) is 0 Å². The summed E-state index contributed by atoms with van der Waals surface area (Å²) in [6, 6.07) is 8.95. The zero-order chi connectivity index (χ0) is 14.9. The van der Waals surface area contributed by atoms with E-state index in [0.717, 1.165) is 13.1 Å². The molecule has 0 aromatic heterocycles. The Labute approximate surface area is 126 Å². The molecule has 0 aliphatic carbocycles. The summed E-state index contributed by atoms with van der Waals surface area (Å²) in [5.74, 6) is 0.671. The SMILES string of the molecule is N#Cc1ccc(OCC(O)CNCCN2CCCC2)cc1. The van der Waals surface area contributed by atoms with Gasteiger partial charge in [-0.25, -0.2) is 0 Å². The number of rotatable bonds is 8. The first-order valence-corrected chi connectivity index (χ1v) is 7.52. The number of aliphatic hydroxyl groups is 1. The zero-order valence-electron chi connectivity index (χ0n) is 12.3. The molecule has 21 heavy (non-hydrogen) atoms. The summed E-state index contributed by atoms with van der Waals surface area (Å²) >= 11 is 0. The van der Waals surface area contributed by atoms with Crippen LogP contribution in [0.3, 0.4) is 0 Å². The lowest BCUT2D eigenvalue weighted by Gasteiger charge is -2.16. The van der Waals surface area contributed by atoms with Crippen molar-refractivity contribution in [1.82, 2.24) is 10.2 Å². The number of aliphatic hydroxyl groups excluding tert-OH is 1. The van der Waals surface area contributed by atoms with E-state index in [1.165, 1.54) is 25.9 Å². The Balaban J connectivity index is 1.56. The highest BCUT2D eigenvalue weighted by atomic mass is 16.5. The normalized spacial score (nSPS) is 16.6. The fraction of sp³-hybridized carbons (Fsp3) is 0.562. The lowest BCUT2D eigenvalue weighted by molar-refractivity contribution is 0.106. The highest BCUT2D eigenvalue weighted by molar-refractivity contribution is 5.34. The Morgan fingerprint density at radius 3 is 2.67 bits per heavy atom. The Morgan fingerprint density at radius 2 is 2.00 bits per heavy atom. The van der Waals surface area contributed by atoms with Gasteiger partial charge in [0.15, 0.2) is 0 Å². The van der Waals surface area contributed by atoms with Gasteiger partial charge in [0.1, 0.15) is 18.5 Å². The smallest absolute Gasteiger partial charge is 0.119 e. The van der Waals surface area contributed by atoms with Crippen LogP contribution in [0.5, 0.6) is 5.75 Å². The molecule has 0 amide bonds. The van der Waals surface area contributed by atoms with Crippen LogP contribution in [0.4, 0.5) is 0 Å². The minimum absolute atomic E-state index is 0.253. The molecule has 1 atom stereocenters. The molecule has 1 saturated heterocycles. The number of nitrogens with zero attached hydrogens (tertiary/aromatic N) is 2. The van der Waals surface area contributed by atoms with Crippen molar-refractivity contribution < 1.29 is 9.84 Å². The fourth-order valence-corrected chi connectivity index (χ4v) is 2.39. The molecule has 1 aliphatic heterocycles. The van der Waals surface area contributed by atoms with Crippen molar-refractivity contribution in [3.63, 3.8) is 0 Å². The van der Waals surface area contributed by atoms with Gasteiger partial charge in [0, 0.05) is 19.6 Å². The molecule has 0 spiro atoms. The first-order valence-electron chi connectivity index (χ1n) is 7.52. The second kappa shape index (κ2) is 8.63. The first-order chi connectivity index (χ1) is 10.3. The van der Waals surface area contributed by atoms with Crippen molar-refractivity contribution >= 4 is 0 Å². The molecule has 1 aromatic rings. The lowest BCUT2D eigenvalue weighted by atomic mass is 10.2. The van der Waals surface area contributed by atoms with Gasteiger partial charge in [0.05, 0.1) is 11.6 Å². The van der Waals surface area contributed by atoms with Crippen molar-refractivity contribution in [3.8, 4) is 11.8 Å². The predicted molar refractivity (Wildman–Crippen MR) is 81.2 cm³/mol. The lowest BCUT2D eigenvalue weighted by Crippen LogP contribution is -2.36. The summed E-state index contributed by atoms with van der Waals surface area (Å²) < 4.78 is 5.49. The van der Waals surface area contributed by atoms with E-state index in [9.17, 15) is 5.11 Å². The van der Waals surface area contributed by atoms with Crippen LogP contribution in [0.25, 0.3) is 0 Å². The molecule has 2 rings (SSSR count). The van der Waals surface area contributed by atoms with Crippen molar-refractivity contribution in [1.29, 1.82) is 5.26 Å². The Bertz CT molecular complexity index is 450. The number of nitrogens with one attached hydrogen (secondary N) is 1. The van der Waals surface area contributed by atoms with Crippen LogP contribution in [-0.2, 0) is 0 Å². The largest absolute Gasteiger partial charge is 0.491 e. The number of hydrogen-bond acceptors (Lipinski definition) is 5. The summed E-state index contributed by atoms with van der Waals surface area (Å²) in [5.41, 5.74) is 0.603. The van der Waals surface area contributed by atoms with Crippen molar-refractivity contribution in [2.75, 3.05) is 39.3 Å². The summed E-state index contributed by atoms with van der Waals surface area (Å²) in [6.45, 7) is 5.13. The van der Waals surface area contributed by atoms with Gasteiger partial charge in [-0.3, -0.25) is 0 Å². The number of hydrogen-bond donors (Lipinski definition) is 2. The Morgan fingerprint density at radius 1 is 1.29 bits per heavy atom. The van der Waals surface area contributed by atoms with Crippen LogP contribution < -0.4 is 10.1 Å². The Hall–Kier alpha value is -1.61. The molecule has 0 bridgehead atoms. The highest BCUT2D eigenvalue weighted by Crippen LogP contribution is 2.11. The quantitative estimate of drug-likeness (QED) is 0.698. The molecule has 1 fully saturated rings. The molecule has 114 valence electrons. The van der Waals surface area contributed by atoms with Gasteiger partial charge in [0.2, 0.25) is 0 Å². The summed E-state index contributed by atoms with van der Waals surface area (Å²) in [6.07, 6.45) is 2.08. The minimum atomic E-state index is -0.528. The van der Waals surface area contributed by atoms with Crippen LogP contribution >= 0.6 is 0 Å². The molecule has 1 heterocycles. The van der Waals surface area contributed by atoms with Gasteiger partial charge in [-0.05, 0) is 50.2 Å². The number of nitriles is 1. The molecule has 2 N–H and O–H groups in total. The maximum Gasteiger partial charge on any atom is 0.119 e. The van der Waals surface area contributed by atoms with Crippen molar-refractivity contribution in [2.24, 2.45) is 0 Å². The fourth-order valence-electron chi connectivity index (χ4n) is 2.39. The van der Waals surface area contributed by atoms with Crippen LogP contribution in [-0.4, -0.2) is 55.4 Å². The van der Waals surface area contributed by atoms with E-state index in [2.05, 4.69) is 16.3 Å². The van der Waals surface area contributed by atoms with E-state index < -0.39 is 6.10 Å². The van der Waals surface area contributed by atoms with E-state index in [0.29, 0.717) is 17.9 Å². The molecule has 1 aromatic carbocycles. The third-order valence-electron chi connectivity index (χ3n) is 3.61. The van der Waals surface area contributed by atoms with Crippen LogP contribution in [0, 0.1) is 11.3 Å². The summed E-state index contributed by atoms with van der Waals surface area (Å²) in [5, 5.41) is 21.8. The molecule has 5 nitrogen and oxygen atoms in total. The molecule has 5 heteroatoms. The van der Waals surface area contributed by atoms with Gasteiger partial charge in [0.25, 0.3) is 0 Å².